The van der Waals surface area contributed by atoms with Gasteiger partial charge < -0.3 is 14.2 Å². The number of morpholine rings is 1. The Morgan fingerprint density at radius 2 is 2.00 bits per heavy atom. The zero-order chi connectivity index (χ0) is 16.4. The van der Waals surface area contributed by atoms with Gasteiger partial charge in [-0.25, -0.2) is 0 Å². The lowest BCUT2D eigenvalue weighted by Crippen LogP contribution is -2.42. The van der Waals surface area contributed by atoms with Crippen molar-refractivity contribution in [2.24, 2.45) is 5.92 Å². The summed E-state index contributed by atoms with van der Waals surface area (Å²) in [6, 6.07) is 5.85. The van der Waals surface area contributed by atoms with Crippen LogP contribution in [0.25, 0.3) is 6.08 Å². The number of carbonyl (C=O) groups is 1. The number of hydrogen-bond donors (Lipinski definition) is 0. The fourth-order valence-electron chi connectivity index (χ4n) is 3.67. The van der Waals surface area contributed by atoms with E-state index < -0.39 is 0 Å². The number of benzene rings is 1. The van der Waals surface area contributed by atoms with Gasteiger partial charge in [-0.05, 0) is 48.6 Å². The highest BCUT2D eigenvalue weighted by atomic mass is 16.7. The highest BCUT2D eigenvalue weighted by Gasteiger charge is 2.28. The van der Waals surface area contributed by atoms with Crippen LogP contribution < -0.4 is 9.47 Å². The molecule has 2 fully saturated rings. The molecule has 1 saturated carbocycles. The van der Waals surface area contributed by atoms with Crippen molar-refractivity contribution in [3.8, 4) is 11.5 Å². The van der Waals surface area contributed by atoms with Crippen molar-refractivity contribution in [2.45, 2.75) is 19.3 Å². The number of Topliss-reactive ketones (excluding diaryl/α,β-unsaturated/α-hetero) is 1. The first-order chi connectivity index (χ1) is 11.8. The van der Waals surface area contributed by atoms with Crippen molar-refractivity contribution in [3.05, 3.63) is 29.3 Å². The summed E-state index contributed by atoms with van der Waals surface area (Å²) in [6.45, 7) is 4.56. The number of nitrogens with zero attached hydrogens (tertiary/aromatic N) is 1. The molecule has 128 valence electrons. The largest absolute Gasteiger partial charge is 0.454 e. The molecule has 0 spiro atoms. The summed E-state index contributed by atoms with van der Waals surface area (Å²) in [7, 11) is 0. The van der Waals surface area contributed by atoms with Crippen LogP contribution in [0.3, 0.4) is 0 Å². The lowest BCUT2D eigenvalue weighted by Gasteiger charge is -2.32. The lowest BCUT2D eigenvalue weighted by atomic mass is 9.83. The third-order valence-electron chi connectivity index (χ3n) is 5.01. The second-order valence-corrected chi connectivity index (χ2v) is 6.65. The van der Waals surface area contributed by atoms with Crippen LogP contribution in [0.4, 0.5) is 0 Å². The highest BCUT2D eigenvalue weighted by molar-refractivity contribution is 6.01. The summed E-state index contributed by atoms with van der Waals surface area (Å²) < 4.78 is 16.2. The number of fused-ring (bicyclic) bond motifs is 1. The van der Waals surface area contributed by atoms with Gasteiger partial charge in [-0.3, -0.25) is 9.69 Å². The van der Waals surface area contributed by atoms with Gasteiger partial charge in [0.1, 0.15) is 0 Å². The second-order valence-electron chi connectivity index (χ2n) is 6.65. The average molecular weight is 329 g/mol. The summed E-state index contributed by atoms with van der Waals surface area (Å²) in [5.41, 5.74) is 1.95. The molecule has 0 N–H and O–H groups in total. The molecule has 0 bridgehead atoms. The molecule has 1 aromatic rings. The maximum Gasteiger partial charge on any atom is 0.231 e. The summed E-state index contributed by atoms with van der Waals surface area (Å²) in [4.78, 5) is 15.2. The molecular weight excluding hydrogens is 306 g/mol. The van der Waals surface area contributed by atoms with Crippen molar-refractivity contribution >= 4 is 11.9 Å². The molecule has 24 heavy (non-hydrogen) atoms. The smallest absolute Gasteiger partial charge is 0.231 e. The molecule has 5 heteroatoms. The van der Waals surface area contributed by atoms with E-state index in [1.807, 2.05) is 24.3 Å². The maximum absolute atomic E-state index is 12.9. The van der Waals surface area contributed by atoms with Crippen molar-refractivity contribution in [2.75, 3.05) is 39.6 Å². The third-order valence-corrected chi connectivity index (χ3v) is 5.01. The molecule has 4 rings (SSSR count). The molecule has 5 nitrogen and oxygen atoms in total. The van der Waals surface area contributed by atoms with Crippen molar-refractivity contribution in [1.29, 1.82) is 0 Å². The minimum Gasteiger partial charge on any atom is -0.454 e. The van der Waals surface area contributed by atoms with Crippen molar-refractivity contribution in [1.82, 2.24) is 4.90 Å². The first kappa shape index (κ1) is 15.7. The second kappa shape index (κ2) is 6.95. The van der Waals surface area contributed by atoms with E-state index in [0.717, 1.165) is 74.7 Å². The molecule has 1 atom stereocenters. The van der Waals surface area contributed by atoms with Crippen LogP contribution in [-0.4, -0.2) is 50.3 Å². The van der Waals surface area contributed by atoms with Crippen molar-refractivity contribution < 1.29 is 19.0 Å². The maximum atomic E-state index is 12.9. The van der Waals surface area contributed by atoms with Gasteiger partial charge in [0.15, 0.2) is 17.3 Å². The van der Waals surface area contributed by atoms with Crippen LogP contribution in [0, 0.1) is 5.92 Å². The normalized spacial score (nSPS) is 26.1. The Morgan fingerprint density at radius 3 is 2.88 bits per heavy atom. The van der Waals surface area contributed by atoms with Gasteiger partial charge in [-0.15, -0.1) is 0 Å². The molecule has 1 unspecified atom stereocenters. The van der Waals surface area contributed by atoms with E-state index in [1.54, 1.807) is 0 Å². The minimum atomic E-state index is 0.122. The van der Waals surface area contributed by atoms with E-state index in [2.05, 4.69) is 4.90 Å². The highest BCUT2D eigenvalue weighted by Crippen LogP contribution is 2.34. The minimum absolute atomic E-state index is 0.122. The molecule has 0 radical (unpaired) electrons. The molecular formula is C19H23NO4. The quantitative estimate of drug-likeness (QED) is 0.798. The van der Waals surface area contributed by atoms with Gasteiger partial charge in [0.25, 0.3) is 0 Å². The molecule has 0 aromatic heterocycles. The topological polar surface area (TPSA) is 48.0 Å². The SMILES string of the molecule is O=C1C(=Cc2ccc3c(c2)OCO3)CCCC1CN1CCOCC1. The summed E-state index contributed by atoms with van der Waals surface area (Å²) >= 11 is 0. The Hall–Kier alpha value is -1.85. The molecule has 2 aliphatic heterocycles. The van der Waals surface area contributed by atoms with E-state index in [4.69, 9.17) is 14.2 Å². The van der Waals surface area contributed by atoms with E-state index in [1.165, 1.54) is 0 Å². The Balaban J connectivity index is 1.47. The predicted molar refractivity (Wildman–Crippen MR) is 90.1 cm³/mol. The van der Waals surface area contributed by atoms with E-state index in [-0.39, 0.29) is 12.7 Å². The van der Waals surface area contributed by atoms with E-state index in [0.29, 0.717) is 5.78 Å². The van der Waals surface area contributed by atoms with Gasteiger partial charge >= 0.3 is 0 Å². The van der Waals surface area contributed by atoms with Crippen LogP contribution in [0.15, 0.2) is 23.8 Å². The van der Waals surface area contributed by atoms with Crippen LogP contribution in [0.1, 0.15) is 24.8 Å². The summed E-state index contributed by atoms with van der Waals surface area (Å²) in [5.74, 6) is 1.97. The number of rotatable bonds is 3. The van der Waals surface area contributed by atoms with Crippen LogP contribution in [0.2, 0.25) is 0 Å². The standard InChI is InChI=1S/C19H23NO4/c21-19-15(10-14-4-5-17-18(11-14)24-13-23-17)2-1-3-16(19)12-20-6-8-22-9-7-20/h4-5,10-11,16H,1-3,6-9,12-13H2. The van der Waals surface area contributed by atoms with Gasteiger partial charge in [-0.1, -0.05) is 6.07 Å². The van der Waals surface area contributed by atoms with Gasteiger partial charge in [0.05, 0.1) is 13.2 Å². The number of ketones is 1. The fraction of sp³-hybridized carbons (Fsp3) is 0.526. The number of ether oxygens (including phenoxy) is 3. The molecule has 1 saturated heterocycles. The van der Waals surface area contributed by atoms with Crippen LogP contribution in [0.5, 0.6) is 11.5 Å². The van der Waals surface area contributed by atoms with Crippen LogP contribution in [-0.2, 0) is 9.53 Å². The Bertz CT molecular complexity index is 649. The summed E-state index contributed by atoms with van der Waals surface area (Å²) in [5, 5.41) is 0. The van der Waals surface area contributed by atoms with E-state index >= 15 is 0 Å². The number of hydrogen-bond acceptors (Lipinski definition) is 5. The number of allylic oxidation sites excluding steroid dienone is 1. The van der Waals surface area contributed by atoms with E-state index in [9.17, 15) is 4.79 Å². The van der Waals surface area contributed by atoms with Gasteiger partial charge in [0, 0.05) is 25.6 Å². The Kier molecular flexibility index (Phi) is 4.54. The van der Waals surface area contributed by atoms with Gasteiger partial charge in [-0.2, -0.15) is 0 Å². The molecule has 3 aliphatic rings. The molecule has 1 aliphatic carbocycles. The average Bonchev–Trinajstić information content (AvgIpc) is 3.07. The summed E-state index contributed by atoms with van der Waals surface area (Å²) in [6.07, 6.45) is 4.97. The fourth-order valence-corrected chi connectivity index (χ4v) is 3.67. The molecule has 1 aromatic carbocycles. The van der Waals surface area contributed by atoms with Crippen molar-refractivity contribution in [3.63, 3.8) is 0 Å². The van der Waals surface area contributed by atoms with Gasteiger partial charge in [0.2, 0.25) is 6.79 Å². The first-order valence-electron chi connectivity index (χ1n) is 8.74. The monoisotopic (exact) mass is 329 g/mol. The molecule has 0 amide bonds. The molecule has 2 heterocycles. The zero-order valence-electron chi connectivity index (χ0n) is 13.8. The first-order valence-corrected chi connectivity index (χ1v) is 8.74. The lowest BCUT2D eigenvalue weighted by molar-refractivity contribution is -0.121. The zero-order valence-corrected chi connectivity index (χ0v) is 13.8. The van der Waals surface area contributed by atoms with Crippen LogP contribution >= 0.6 is 0 Å². The third kappa shape index (κ3) is 3.32. The number of carbonyl (C=O) groups excluding carboxylic acids is 1. The Labute approximate surface area is 142 Å². The Morgan fingerprint density at radius 1 is 1.17 bits per heavy atom. The predicted octanol–water partition coefficient (Wildman–Crippen LogP) is 2.50.